The van der Waals surface area contributed by atoms with E-state index in [1.807, 2.05) is 0 Å². The van der Waals surface area contributed by atoms with Crippen LogP contribution in [0.4, 0.5) is 8.78 Å². The highest BCUT2D eigenvalue weighted by atomic mass is 35.5. The molecule has 0 saturated heterocycles. The first-order valence-corrected chi connectivity index (χ1v) is 7.15. The molecule has 1 aromatic rings. The number of aryl methyl sites for hydroxylation is 1. The van der Waals surface area contributed by atoms with Gasteiger partial charge in [0, 0.05) is 5.02 Å². The SMILES string of the molecule is O=C(O)CC1(CCc2cc(F)c(F)cc2Cl)CCCC1. The Hall–Kier alpha value is -1.16. The van der Waals surface area contributed by atoms with Crippen LogP contribution in [0.5, 0.6) is 0 Å². The van der Waals surface area contributed by atoms with Gasteiger partial charge in [0.2, 0.25) is 0 Å². The summed E-state index contributed by atoms with van der Waals surface area (Å²) >= 11 is 5.92. The average molecular weight is 303 g/mol. The highest BCUT2D eigenvalue weighted by Crippen LogP contribution is 2.45. The number of halogens is 3. The van der Waals surface area contributed by atoms with Crippen LogP contribution in [0.3, 0.4) is 0 Å². The largest absolute Gasteiger partial charge is 0.481 e. The maximum atomic E-state index is 13.2. The van der Waals surface area contributed by atoms with E-state index in [-0.39, 0.29) is 16.9 Å². The van der Waals surface area contributed by atoms with Crippen molar-refractivity contribution in [3.63, 3.8) is 0 Å². The molecule has 0 atom stereocenters. The van der Waals surface area contributed by atoms with Gasteiger partial charge in [-0.15, -0.1) is 0 Å². The second-order valence-electron chi connectivity index (χ2n) is 5.64. The van der Waals surface area contributed by atoms with E-state index < -0.39 is 17.6 Å². The summed E-state index contributed by atoms with van der Waals surface area (Å²) < 4.78 is 26.2. The van der Waals surface area contributed by atoms with Crippen LogP contribution in [0, 0.1) is 17.0 Å². The molecule has 0 amide bonds. The second-order valence-corrected chi connectivity index (χ2v) is 6.04. The van der Waals surface area contributed by atoms with Gasteiger partial charge in [-0.2, -0.15) is 0 Å². The van der Waals surface area contributed by atoms with Crippen LogP contribution >= 0.6 is 11.6 Å². The van der Waals surface area contributed by atoms with Crippen LogP contribution in [-0.4, -0.2) is 11.1 Å². The molecule has 1 fully saturated rings. The highest BCUT2D eigenvalue weighted by molar-refractivity contribution is 6.31. The lowest BCUT2D eigenvalue weighted by atomic mass is 9.77. The van der Waals surface area contributed by atoms with Crippen LogP contribution in [0.1, 0.15) is 44.1 Å². The summed E-state index contributed by atoms with van der Waals surface area (Å²) in [6, 6.07) is 2.09. The fraction of sp³-hybridized carbons (Fsp3) is 0.533. The Bertz CT molecular complexity index is 511. The third-order valence-corrected chi connectivity index (χ3v) is 4.56. The van der Waals surface area contributed by atoms with Crippen molar-refractivity contribution in [3.05, 3.63) is 34.4 Å². The molecular weight excluding hydrogens is 286 g/mol. The molecule has 1 aromatic carbocycles. The smallest absolute Gasteiger partial charge is 0.303 e. The lowest BCUT2D eigenvalue weighted by Crippen LogP contribution is -2.22. The number of benzene rings is 1. The molecule has 1 saturated carbocycles. The van der Waals surface area contributed by atoms with Gasteiger partial charge in [0.1, 0.15) is 0 Å². The molecule has 0 radical (unpaired) electrons. The van der Waals surface area contributed by atoms with Crippen molar-refractivity contribution in [1.29, 1.82) is 0 Å². The molecule has 0 heterocycles. The van der Waals surface area contributed by atoms with E-state index in [1.165, 1.54) is 0 Å². The lowest BCUT2D eigenvalue weighted by molar-refractivity contribution is -0.139. The Morgan fingerprint density at radius 3 is 2.45 bits per heavy atom. The Morgan fingerprint density at radius 1 is 1.25 bits per heavy atom. The van der Waals surface area contributed by atoms with Crippen molar-refractivity contribution in [2.75, 3.05) is 0 Å². The zero-order chi connectivity index (χ0) is 14.8. The molecule has 2 rings (SSSR count). The monoisotopic (exact) mass is 302 g/mol. The van der Waals surface area contributed by atoms with Crippen LogP contribution < -0.4 is 0 Å². The first-order valence-electron chi connectivity index (χ1n) is 6.77. The summed E-state index contributed by atoms with van der Waals surface area (Å²) in [7, 11) is 0. The highest BCUT2D eigenvalue weighted by Gasteiger charge is 2.35. The maximum absolute atomic E-state index is 13.2. The van der Waals surface area contributed by atoms with Gasteiger partial charge in [0.15, 0.2) is 11.6 Å². The summed E-state index contributed by atoms with van der Waals surface area (Å²) in [5, 5.41) is 9.24. The van der Waals surface area contributed by atoms with Crippen molar-refractivity contribution in [2.45, 2.75) is 44.9 Å². The van der Waals surface area contributed by atoms with Gasteiger partial charge >= 0.3 is 5.97 Å². The predicted octanol–water partition coefficient (Wildman–Crippen LogP) is 4.59. The van der Waals surface area contributed by atoms with Gasteiger partial charge in [-0.05, 0) is 48.8 Å². The number of carboxylic acids is 1. The summed E-state index contributed by atoms with van der Waals surface area (Å²) in [6.45, 7) is 0. The van der Waals surface area contributed by atoms with Gasteiger partial charge in [-0.25, -0.2) is 8.78 Å². The molecule has 110 valence electrons. The van der Waals surface area contributed by atoms with E-state index in [2.05, 4.69) is 0 Å². The van der Waals surface area contributed by atoms with E-state index in [4.69, 9.17) is 16.7 Å². The quantitative estimate of drug-likeness (QED) is 0.808. The number of hydrogen-bond donors (Lipinski definition) is 1. The maximum Gasteiger partial charge on any atom is 0.303 e. The number of hydrogen-bond acceptors (Lipinski definition) is 1. The molecular formula is C15H17ClF2O2. The standard InChI is InChI=1S/C15H17ClF2O2/c16-11-8-13(18)12(17)7-10(11)3-6-15(9-14(19)20)4-1-2-5-15/h7-8H,1-6,9H2,(H,19,20). The molecule has 5 heteroatoms. The number of rotatable bonds is 5. The Labute approximate surface area is 121 Å². The Morgan fingerprint density at radius 2 is 1.85 bits per heavy atom. The first-order chi connectivity index (χ1) is 9.42. The van der Waals surface area contributed by atoms with Crippen molar-refractivity contribution >= 4 is 17.6 Å². The summed E-state index contributed by atoms with van der Waals surface area (Å²) in [5.41, 5.74) is 0.322. The van der Waals surface area contributed by atoms with Gasteiger partial charge in [0.25, 0.3) is 0 Å². The average Bonchev–Trinajstić information content (AvgIpc) is 2.80. The molecule has 1 N–H and O–H groups in total. The van der Waals surface area contributed by atoms with Gasteiger partial charge in [-0.1, -0.05) is 24.4 Å². The van der Waals surface area contributed by atoms with E-state index >= 15 is 0 Å². The normalized spacial score (nSPS) is 17.4. The van der Waals surface area contributed by atoms with Gasteiger partial charge < -0.3 is 5.11 Å². The molecule has 1 aliphatic rings. The molecule has 20 heavy (non-hydrogen) atoms. The molecule has 0 aromatic heterocycles. The second kappa shape index (κ2) is 6.08. The number of carbonyl (C=O) groups is 1. The summed E-state index contributed by atoms with van der Waals surface area (Å²) in [4.78, 5) is 11.0. The summed E-state index contributed by atoms with van der Waals surface area (Å²) in [5.74, 6) is -2.67. The fourth-order valence-electron chi connectivity index (χ4n) is 3.12. The van der Waals surface area contributed by atoms with Gasteiger partial charge in [-0.3, -0.25) is 4.79 Å². The predicted molar refractivity (Wildman–Crippen MR) is 72.8 cm³/mol. The van der Waals surface area contributed by atoms with E-state index in [0.717, 1.165) is 37.8 Å². The third kappa shape index (κ3) is 3.48. The van der Waals surface area contributed by atoms with Crippen molar-refractivity contribution < 1.29 is 18.7 Å². The zero-order valence-electron chi connectivity index (χ0n) is 11.1. The van der Waals surface area contributed by atoms with Crippen molar-refractivity contribution in [2.24, 2.45) is 5.41 Å². The molecule has 1 aliphatic carbocycles. The first kappa shape index (κ1) is 15.2. The molecule has 2 nitrogen and oxygen atoms in total. The number of aliphatic carboxylic acids is 1. The van der Waals surface area contributed by atoms with Crippen LogP contribution in [0.2, 0.25) is 5.02 Å². The number of carboxylic acid groups (broad SMARTS) is 1. The Balaban J connectivity index is 2.10. The topological polar surface area (TPSA) is 37.3 Å². The zero-order valence-corrected chi connectivity index (χ0v) is 11.8. The minimum Gasteiger partial charge on any atom is -0.481 e. The van der Waals surface area contributed by atoms with E-state index in [9.17, 15) is 13.6 Å². The third-order valence-electron chi connectivity index (χ3n) is 4.20. The minimum absolute atomic E-state index is 0.133. The van der Waals surface area contributed by atoms with Crippen LogP contribution in [-0.2, 0) is 11.2 Å². The molecule has 0 spiro atoms. The summed E-state index contributed by atoms with van der Waals surface area (Å²) in [6.07, 6.45) is 5.06. The van der Waals surface area contributed by atoms with E-state index in [1.54, 1.807) is 0 Å². The lowest BCUT2D eigenvalue weighted by Gasteiger charge is -2.27. The van der Waals surface area contributed by atoms with Crippen molar-refractivity contribution in [3.8, 4) is 0 Å². The van der Waals surface area contributed by atoms with E-state index in [0.29, 0.717) is 18.4 Å². The van der Waals surface area contributed by atoms with Crippen molar-refractivity contribution in [1.82, 2.24) is 0 Å². The Kier molecular flexibility index (Phi) is 4.63. The molecule has 0 unspecified atom stereocenters. The van der Waals surface area contributed by atoms with Crippen LogP contribution in [0.15, 0.2) is 12.1 Å². The molecule has 0 aliphatic heterocycles. The molecule has 0 bridgehead atoms. The van der Waals surface area contributed by atoms with Gasteiger partial charge in [0.05, 0.1) is 6.42 Å². The fourth-order valence-corrected chi connectivity index (χ4v) is 3.36. The minimum atomic E-state index is -0.958. The van der Waals surface area contributed by atoms with Crippen LogP contribution in [0.25, 0.3) is 0 Å².